The van der Waals surface area contributed by atoms with E-state index in [-0.39, 0.29) is 0 Å². The Hall–Kier alpha value is -6.06. The smallest absolute Gasteiger partial charge is 0.0619 e. The van der Waals surface area contributed by atoms with Crippen molar-refractivity contribution in [2.45, 2.75) is 0 Å². The summed E-state index contributed by atoms with van der Waals surface area (Å²) in [6.45, 7) is 0. The van der Waals surface area contributed by atoms with Crippen LogP contribution in [0.3, 0.4) is 0 Å². The molecule has 0 spiro atoms. The van der Waals surface area contributed by atoms with E-state index >= 15 is 0 Å². The molecule has 0 fully saturated rings. The van der Waals surface area contributed by atoms with E-state index in [1.54, 1.807) is 0 Å². The predicted molar refractivity (Wildman–Crippen MR) is 190 cm³/mol. The van der Waals surface area contributed by atoms with Gasteiger partial charge in [-0.15, -0.1) is 0 Å². The molecule has 45 heavy (non-hydrogen) atoms. The normalized spacial score (nSPS) is 11.6. The van der Waals surface area contributed by atoms with Gasteiger partial charge in [0, 0.05) is 56.2 Å². The van der Waals surface area contributed by atoms with Gasteiger partial charge in [-0.05, 0) is 84.2 Å². The third kappa shape index (κ3) is 4.05. The van der Waals surface area contributed by atoms with Gasteiger partial charge in [0.2, 0.25) is 0 Å². The highest BCUT2D eigenvalue weighted by Gasteiger charge is 2.17. The minimum absolute atomic E-state index is 1.12. The van der Waals surface area contributed by atoms with E-state index in [1.807, 2.05) is 0 Å². The number of fused-ring (bicyclic) bond motifs is 7. The van der Waals surface area contributed by atoms with Crippen LogP contribution in [-0.2, 0) is 0 Å². The fraction of sp³-hybridized carbons (Fsp3) is 0. The van der Waals surface area contributed by atoms with Crippen LogP contribution in [0, 0.1) is 0 Å². The van der Waals surface area contributed by atoms with Gasteiger partial charge >= 0.3 is 0 Å². The Morgan fingerprint density at radius 1 is 0.333 bits per heavy atom. The molecule has 0 bridgehead atoms. The number of hydrogen-bond acceptors (Lipinski definition) is 1. The second-order valence-electron chi connectivity index (χ2n) is 11.5. The molecule has 0 amide bonds. The largest absolute Gasteiger partial charge is 0.317 e. The van der Waals surface area contributed by atoms with Crippen molar-refractivity contribution in [3.05, 3.63) is 176 Å². The lowest BCUT2D eigenvalue weighted by Gasteiger charge is -2.25. The molecule has 0 aliphatic carbocycles. The van der Waals surface area contributed by atoms with Crippen molar-refractivity contribution in [1.82, 2.24) is 9.13 Å². The van der Waals surface area contributed by atoms with Gasteiger partial charge in [-0.2, -0.15) is 0 Å². The van der Waals surface area contributed by atoms with Crippen LogP contribution in [0.1, 0.15) is 0 Å². The average Bonchev–Trinajstić information content (AvgIpc) is 3.70. The van der Waals surface area contributed by atoms with Gasteiger partial charge < -0.3 is 14.0 Å². The van der Waals surface area contributed by atoms with E-state index in [1.165, 1.54) is 49.2 Å². The van der Waals surface area contributed by atoms with Crippen molar-refractivity contribution in [1.29, 1.82) is 0 Å². The minimum Gasteiger partial charge on any atom is -0.317 e. The van der Waals surface area contributed by atoms with Crippen molar-refractivity contribution in [3.63, 3.8) is 0 Å². The van der Waals surface area contributed by atoms with Crippen molar-refractivity contribution in [2.24, 2.45) is 0 Å². The zero-order valence-electron chi connectivity index (χ0n) is 24.6. The first-order valence-electron chi connectivity index (χ1n) is 15.4. The Morgan fingerprint density at radius 3 is 1.58 bits per heavy atom. The zero-order chi connectivity index (χ0) is 29.7. The maximum atomic E-state index is 2.42. The summed E-state index contributed by atoms with van der Waals surface area (Å²) in [5.74, 6) is 0. The van der Waals surface area contributed by atoms with Gasteiger partial charge in [0.05, 0.1) is 16.6 Å². The van der Waals surface area contributed by atoms with E-state index in [4.69, 9.17) is 0 Å². The van der Waals surface area contributed by atoms with Crippen molar-refractivity contribution in [3.8, 4) is 11.4 Å². The number of rotatable bonds is 5. The summed E-state index contributed by atoms with van der Waals surface area (Å²) < 4.78 is 4.71. The summed E-state index contributed by atoms with van der Waals surface area (Å²) in [6, 6.07) is 60.8. The Balaban J connectivity index is 1.19. The molecular formula is C42H29N3. The molecule has 3 nitrogen and oxygen atoms in total. The minimum atomic E-state index is 1.12. The molecule has 0 saturated carbocycles. The molecule has 7 aromatic carbocycles. The number of nitrogens with zero attached hydrogens (tertiary/aromatic N) is 3. The molecule has 2 aromatic heterocycles. The molecule has 0 aliphatic heterocycles. The summed E-state index contributed by atoms with van der Waals surface area (Å²) in [4.78, 5) is 2.29. The zero-order valence-corrected chi connectivity index (χ0v) is 24.6. The van der Waals surface area contributed by atoms with Crippen LogP contribution in [0.5, 0.6) is 0 Å². The van der Waals surface area contributed by atoms with Gasteiger partial charge in [-0.3, -0.25) is 0 Å². The highest BCUT2D eigenvalue weighted by Crippen LogP contribution is 2.40. The topological polar surface area (TPSA) is 13.1 Å². The van der Waals surface area contributed by atoms with E-state index in [9.17, 15) is 0 Å². The first-order valence-corrected chi connectivity index (χ1v) is 15.4. The van der Waals surface area contributed by atoms with Crippen molar-refractivity contribution in [2.75, 3.05) is 4.90 Å². The van der Waals surface area contributed by atoms with Crippen LogP contribution >= 0.6 is 0 Å². The highest BCUT2D eigenvalue weighted by molar-refractivity contribution is 6.22. The van der Waals surface area contributed by atoms with Crippen LogP contribution in [0.2, 0.25) is 0 Å². The number of anilines is 3. The fourth-order valence-electron chi connectivity index (χ4n) is 6.93. The lowest BCUT2D eigenvalue weighted by Crippen LogP contribution is -2.09. The Morgan fingerprint density at radius 2 is 0.867 bits per heavy atom. The van der Waals surface area contributed by atoms with Crippen LogP contribution in [-0.4, -0.2) is 9.13 Å². The summed E-state index contributed by atoms with van der Waals surface area (Å²) in [6.07, 6.45) is 2.20. The van der Waals surface area contributed by atoms with Crippen molar-refractivity contribution >= 4 is 60.5 Å². The molecule has 0 N–H and O–H groups in total. The molecule has 212 valence electrons. The quantitative estimate of drug-likeness (QED) is 0.199. The molecule has 0 saturated heterocycles. The summed E-state index contributed by atoms with van der Waals surface area (Å²) in [5, 5.41) is 6.32. The third-order valence-electron chi connectivity index (χ3n) is 8.93. The summed E-state index contributed by atoms with van der Waals surface area (Å²) in [7, 11) is 0. The molecule has 0 atom stereocenters. The molecule has 2 heterocycles. The number of para-hydroxylation sites is 4. The van der Waals surface area contributed by atoms with Gasteiger partial charge in [-0.25, -0.2) is 0 Å². The van der Waals surface area contributed by atoms with Gasteiger partial charge in [0.25, 0.3) is 0 Å². The Labute approximate surface area is 261 Å². The third-order valence-corrected chi connectivity index (χ3v) is 8.93. The molecular weight excluding hydrogens is 546 g/mol. The van der Waals surface area contributed by atoms with Crippen LogP contribution in [0.4, 0.5) is 17.1 Å². The second-order valence-corrected chi connectivity index (χ2v) is 11.5. The molecule has 0 radical (unpaired) electrons. The second kappa shape index (κ2) is 10.3. The number of benzene rings is 7. The van der Waals surface area contributed by atoms with Crippen molar-refractivity contribution < 1.29 is 0 Å². The number of aromatic nitrogens is 2. The lowest BCUT2D eigenvalue weighted by atomic mass is 10.0. The molecule has 0 aliphatic rings. The summed E-state index contributed by atoms with van der Waals surface area (Å²) >= 11 is 0. The monoisotopic (exact) mass is 575 g/mol. The lowest BCUT2D eigenvalue weighted by molar-refractivity contribution is 1.12. The van der Waals surface area contributed by atoms with E-state index < -0.39 is 0 Å². The summed E-state index contributed by atoms with van der Waals surface area (Å²) in [5.41, 5.74) is 9.36. The van der Waals surface area contributed by atoms with E-state index in [0.29, 0.717) is 0 Å². The maximum absolute atomic E-state index is 2.42. The fourth-order valence-corrected chi connectivity index (χ4v) is 6.93. The Bertz CT molecular complexity index is 2420. The van der Waals surface area contributed by atoms with Gasteiger partial charge in [-0.1, -0.05) is 91.0 Å². The first kappa shape index (κ1) is 25.4. The van der Waals surface area contributed by atoms with Crippen LogP contribution < -0.4 is 4.90 Å². The highest BCUT2D eigenvalue weighted by atomic mass is 15.1. The van der Waals surface area contributed by atoms with Gasteiger partial charge in [0.15, 0.2) is 0 Å². The van der Waals surface area contributed by atoms with E-state index in [2.05, 4.69) is 190 Å². The predicted octanol–water partition coefficient (Wildman–Crippen LogP) is 11.4. The molecule has 9 rings (SSSR count). The standard InChI is InChI=1S/C42H29N3/c1-4-12-31(13-5-1)44(32-14-6-2-7-15-32)34-22-20-30(21-23-34)43-29-28-37-35-24-25-39-36-18-10-11-19-41(36)45(33-16-8-3-9-17-33)42(39)38(35)26-27-40(37)43/h1-29H. The van der Waals surface area contributed by atoms with E-state index in [0.717, 1.165) is 22.7 Å². The maximum Gasteiger partial charge on any atom is 0.0619 e. The molecule has 3 heteroatoms. The molecule has 0 unspecified atom stereocenters. The molecule has 9 aromatic rings. The Kier molecular flexibility index (Phi) is 5.82. The average molecular weight is 576 g/mol. The van der Waals surface area contributed by atoms with Crippen LogP contribution in [0.15, 0.2) is 176 Å². The first-order chi connectivity index (χ1) is 22.3. The van der Waals surface area contributed by atoms with Gasteiger partial charge in [0.1, 0.15) is 0 Å². The SMILES string of the molecule is c1ccc(N(c2ccccc2)c2ccc(-n3ccc4c5ccc6c7ccccc7n(-c7ccccc7)c6c5ccc43)cc2)cc1. The van der Waals surface area contributed by atoms with Crippen LogP contribution in [0.25, 0.3) is 54.9 Å². The number of hydrogen-bond donors (Lipinski definition) is 0.